The van der Waals surface area contributed by atoms with E-state index in [4.69, 9.17) is 16.7 Å². The predicted octanol–water partition coefficient (Wildman–Crippen LogP) is 1.34. The van der Waals surface area contributed by atoms with Gasteiger partial charge in [-0.2, -0.15) is 0 Å². The number of aliphatic hydroxyl groups excluding tert-OH is 1. The molecule has 0 fully saturated rings. The second kappa shape index (κ2) is 5.53. The smallest absolute Gasteiger partial charge is 0.416 e. The quantitative estimate of drug-likeness (QED) is 0.796. The lowest BCUT2D eigenvalue weighted by Gasteiger charge is -2.17. The number of ether oxygens (including phenoxy) is 1. The number of rotatable bonds is 3. The maximum absolute atomic E-state index is 11.3. The molecule has 0 aromatic carbocycles. The van der Waals surface area contributed by atoms with Crippen LogP contribution in [0.15, 0.2) is 18.3 Å². The third-order valence-corrected chi connectivity index (χ3v) is 1.92. The first-order valence-electron chi connectivity index (χ1n) is 4.22. The number of alkyl halides is 1. The second-order valence-electron chi connectivity index (χ2n) is 2.72. The van der Waals surface area contributed by atoms with Crippen LogP contribution in [0.25, 0.3) is 0 Å². The molecule has 0 saturated carbocycles. The van der Waals surface area contributed by atoms with Crippen molar-refractivity contribution in [3.63, 3.8) is 0 Å². The minimum Gasteiger partial charge on any atom is -0.433 e. The summed E-state index contributed by atoms with van der Waals surface area (Å²) in [4.78, 5) is 16.5. The Morgan fingerprint density at radius 3 is 3.07 bits per heavy atom. The number of halogens is 1. The van der Waals surface area contributed by atoms with E-state index in [0.29, 0.717) is 11.4 Å². The summed E-state index contributed by atoms with van der Waals surface area (Å²) in [5, 5.41) is 9.03. The topological polar surface area (TPSA) is 62.7 Å². The maximum Gasteiger partial charge on any atom is 0.416 e. The zero-order valence-corrected chi connectivity index (χ0v) is 8.94. The molecule has 1 amide bonds. The molecule has 6 heteroatoms. The highest BCUT2D eigenvalue weighted by atomic mass is 35.5. The van der Waals surface area contributed by atoms with Crippen molar-refractivity contribution in [2.45, 2.75) is 6.61 Å². The monoisotopic (exact) mass is 230 g/mol. The molecular formula is C9H11ClN2O3. The van der Waals surface area contributed by atoms with Gasteiger partial charge in [0.25, 0.3) is 0 Å². The molecule has 0 unspecified atom stereocenters. The third kappa shape index (κ3) is 2.81. The van der Waals surface area contributed by atoms with Crippen LogP contribution in [0.4, 0.5) is 10.6 Å². The number of hydrogen-bond donors (Lipinski definition) is 1. The van der Waals surface area contributed by atoms with Gasteiger partial charge in [0.2, 0.25) is 0 Å². The highest BCUT2D eigenvalue weighted by Gasteiger charge is 2.15. The van der Waals surface area contributed by atoms with Crippen molar-refractivity contribution in [3.8, 4) is 0 Å². The lowest BCUT2D eigenvalue weighted by atomic mass is 10.2. The fourth-order valence-electron chi connectivity index (χ4n) is 1.09. The van der Waals surface area contributed by atoms with Gasteiger partial charge >= 0.3 is 6.09 Å². The summed E-state index contributed by atoms with van der Waals surface area (Å²) >= 11 is 5.26. The molecule has 1 aromatic rings. The molecule has 1 rings (SSSR count). The van der Waals surface area contributed by atoms with Crippen molar-refractivity contribution in [2.75, 3.05) is 18.0 Å². The van der Waals surface area contributed by atoms with Crippen LogP contribution < -0.4 is 4.90 Å². The van der Waals surface area contributed by atoms with Gasteiger partial charge in [-0.25, -0.2) is 9.78 Å². The van der Waals surface area contributed by atoms with E-state index in [2.05, 4.69) is 9.72 Å². The Labute approximate surface area is 92.2 Å². The van der Waals surface area contributed by atoms with Crippen molar-refractivity contribution in [2.24, 2.45) is 0 Å². The van der Waals surface area contributed by atoms with Gasteiger partial charge in [0, 0.05) is 18.8 Å². The Balaban J connectivity index is 2.89. The standard InChI is InChI=1S/C9H11ClN2O3/c1-12(9(14)15-6-10)8-7(5-13)3-2-4-11-8/h2-4,13H,5-6H2,1H3. The van der Waals surface area contributed by atoms with E-state index in [9.17, 15) is 4.79 Å². The van der Waals surface area contributed by atoms with Gasteiger partial charge < -0.3 is 9.84 Å². The molecule has 0 aliphatic heterocycles. The van der Waals surface area contributed by atoms with Crippen LogP contribution in [0.5, 0.6) is 0 Å². The van der Waals surface area contributed by atoms with E-state index in [1.807, 2.05) is 0 Å². The average Bonchev–Trinajstić information content (AvgIpc) is 2.28. The number of hydrogen-bond acceptors (Lipinski definition) is 4. The molecule has 0 aliphatic carbocycles. The summed E-state index contributed by atoms with van der Waals surface area (Å²) in [6.07, 6.45) is 0.914. The van der Waals surface area contributed by atoms with Gasteiger partial charge in [-0.15, -0.1) is 0 Å². The first kappa shape index (κ1) is 11.7. The molecule has 1 heterocycles. The van der Waals surface area contributed by atoms with Crippen molar-refractivity contribution in [3.05, 3.63) is 23.9 Å². The number of carbonyl (C=O) groups is 1. The first-order chi connectivity index (χ1) is 7.20. The van der Waals surface area contributed by atoms with E-state index < -0.39 is 6.09 Å². The Kier molecular flexibility index (Phi) is 4.33. The highest BCUT2D eigenvalue weighted by molar-refractivity contribution is 6.17. The first-order valence-corrected chi connectivity index (χ1v) is 4.75. The lowest BCUT2D eigenvalue weighted by Crippen LogP contribution is -2.28. The van der Waals surface area contributed by atoms with Crippen molar-refractivity contribution < 1.29 is 14.6 Å². The third-order valence-electron chi connectivity index (χ3n) is 1.81. The number of amides is 1. The Morgan fingerprint density at radius 1 is 1.73 bits per heavy atom. The van der Waals surface area contributed by atoms with E-state index in [1.165, 1.54) is 18.1 Å². The second-order valence-corrected chi connectivity index (χ2v) is 2.94. The molecule has 1 N–H and O–H groups in total. The lowest BCUT2D eigenvalue weighted by molar-refractivity contribution is 0.173. The summed E-state index contributed by atoms with van der Waals surface area (Å²) in [5.74, 6) is 0.357. The minimum atomic E-state index is -0.613. The zero-order chi connectivity index (χ0) is 11.3. The fraction of sp³-hybridized carbons (Fsp3) is 0.333. The van der Waals surface area contributed by atoms with Crippen LogP contribution in [0.2, 0.25) is 0 Å². The maximum atomic E-state index is 11.3. The Bertz CT molecular complexity index is 346. The highest BCUT2D eigenvalue weighted by Crippen LogP contribution is 2.16. The van der Waals surface area contributed by atoms with Crippen molar-refractivity contribution >= 4 is 23.5 Å². The molecule has 0 saturated heterocycles. The summed E-state index contributed by atoms with van der Waals surface area (Å²) in [6, 6.07) is 3.13. The summed E-state index contributed by atoms with van der Waals surface area (Å²) in [7, 11) is 1.50. The molecular weight excluding hydrogens is 220 g/mol. The Hall–Kier alpha value is -1.33. The fourth-order valence-corrected chi connectivity index (χ4v) is 1.18. The molecule has 0 atom stereocenters. The SMILES string of the molecule is CN(C(=O)OCCl)c1ncccc1CO. The number of pyridine rings is 1. The van der Waals surface area contributed by atoms with Gasteiger partial charge in [-0.3, -0.25) is 4.90 Å². The van der Waals surface area contributed by atoms with E-state index >= 15 is 0 Å². The summed E-state index contributed by atoms with van der Waals surface area (Å²) in [5.41, 5.74) is 0.548. The Morgan fingerprint density at radius 2 is 2.47 bits per heavy atom. The van der Waals surface area contributed by atoms with Gasteiger partial charge in [-0.05, 0) is 6.07 Å². The number of anilines is 1. The molecule has 82 valence electrons. The van der Waals surface area contributed by atoms with E-state index in [1.54, 1.807) is 12.1 Å². The molecule has 0 aliphatic rings. The van der Waals surface area contributed by atoms with Crippen LogP contribution in [-0.2, 0) is 11.3 Å². The zero-order valence-electron chi connectivity index (χ0n) is 8.18. The van der Waals surface area contributed by atoms with Crippen LogP contribution in [0.1, 0.15) is 5.56 Å². The predicted molar refractivity (Wildman–Crippen MR) is 55.8 cm³/mol. The van der Waals surface area contributed by atoms with Gasteiger partial charge in [-0.1, -0.05) is 17.7 Å². The number of aliphatic hydroxyl groups is 1. The van der Waals surface area contributed by atoms with Crippen LogP contribution in [-0.4, -0.2) is 29.3 Å². The number of nitrogens with zero attached hydrogens (tertiary/aromatic N) is 2. The molecule has 1 aromatic heterocycles. The van der Waals surface area contributed by atoms with Gasteiger partial charge in [0.05, 0.1) is 6.61 Å². The number of aromatic nitrogens is 1. The van der Waals surface area contributed by atoms with Gasteiger partial charge in [0.15, 0.2) is 6.07 Å². The average molecular weight is 231 g/mol. The van der Waals surface area contributed by atoms with Crippen molar-refractivity contribution in [1.82, 2.24) is 4.98 Å². The summed E-state index contributed by atoms with van der Waals surface area (Å²) < 4.78 is 4.59. The van der Waals surface area contributed by atoms with Gasteiger partial charge in [0.1, 0.15) is 5.82 Å². The van der Waals surface area contributed by atoms with Crippen LogP contribution >= 0.6 is 11.6 Å². The van der Waals surface area contributed by atoms with E-state index in [-0.39, 0.29) is 12.7 Å². The molecule has 5 nitrogen and oxygen atoms in total. The summed E-state index contributed by atoms with van der Waals surface area (Å²) in [6.45, 7) is -0.193. The van der Waals surface area contributed by atoms with Crippen LogP contribution in [0.3, 0.4) is 0 Å². The van der Waals surface area contributed by atoms with Crippen molar-refractivity contribution in [1.29, 1.82) is 0 Å². The normalized spacial score (nSPS) is 9.80. The molecule has 0 bridgehead atoms. The number of carbonyl (C=O) groups excluding carboxylic acids is 1. The van der Waals surface area contributed by atoms with E-state index in [0.717, 1.165) is 0 Å². The minimum absolute atomic E-state index is 0.193. The molecule has 0 radical (unpaired) electrons. The largest absolute Gasteiger partial charge is 0.433 e. The van der Waals surface area contributed by atoms with Crippen LogP contribution in [0, 0.1) is 0 Å². The molecule has 0 spiro atoms. The molecule has 15 heavy (non-hydrogen) atoms.